The van der Waals surface area contributed by atoms with Crippen LogP contribution in [0, 0.1) is 11.2 Å². The number of hydrogen-bond acceptors (Lipinski definition) is 1. The molecule has 3 heteroatoms. The fourth-order valence-corrected chi connectivity index (χ4v) is 2.23. The van der Waals surface area contributed by atoms with Crippen molar-refractivity contribution in [1.82, 2.24) is 5.32 Å². The van der Waals surface area contributed by atoms with E-state index in [1.54, 1.807) is 18.2 Å². The Morgan fingerprint density at radius 3 is 2.58 bits per heavy atom. The maximum atomic E-state index is 13.3. The summed E-state index contributed by atoms with van der Waals surface area (Å²) in [7, 11) is 0. The highest BCUT2D eigenvalue weighted by atomic mass is 19.1. The standard InChI is InChI=1S/C21H24FNO/c1-21(2,3)15-23-20(24)8-6-4-5-7-16-9-10-17-11-12-19(22)14-18(17)13-16/h4-6,8-14H,7,15H2,1-3H3,(H,23,24)/b5-4+,8-6+. The van der Waals surface area contributed by atoms with E-state index in [2.05, 4.69) is 26.1 Å². The second kappa shape index (κ2) is 7.91. The molecule has 1 N–H and O–H groups in total. The van der Waals surface area contributed by atoms with Crippen LogP contribution < -0.4 is 5.32 Å². The second-order valence-electron chi connectivity index (χ2n) is 7.10. The van der Waals surface area contributed by atoms with Gasteiger partial charge in [-0.1, -0.05) is 63.3 Å². The Hall–Kier alpha value is -2.42. The van der Waals surface area contributed by atoms with Crippen LogP contribution in [-0.4, -0.2) is 12.5 Å². The molecule has 2 aromatic carbocycles. The normalized spacial score (nSPS) is 12.3. The topological polar surface area (TPSA) is 29.1 Å². The van der Waals surface area contributed by atoms with Gasteiger partial charge in [0.15, 0.2) is 0 Å². The molecule has 0 atom stereocenters. The molecule has 0 fully saturated rings. The molecule has 0 aliphatic heterocycles. The van der Waals surface area contributed by atoms with Crippen LogP contribution in [0.3, 0.4) is 0 Å². The molecule has 0 bridgehead atoms. The van der Waals surface area contributed by atoms with Crippen LogP contribution in [0.2, 0.25) is 0 Å². The molecule has 0 aliphatic rings. The van der Waals surface area contributed by atoms with Gasteiger partial charge in [-0.2, -0.15) is 0 Å². The Morgan fingerprint density at radius 1 is 1.08 bits per heavy atom. The van der Waals surface area contributed by atoms with Crippen LogP contribution in [0.4, 0.5) is 4.39 Å². The molecule has 24 heavy (non-hydrogen) atoms. The van der Waals surface area contributed by atoms with Crippen molar-refractivity contribution in [3.63, 3.8) is 0 Å². The summed E-state index contributed by atoms with van der Waals surface area (Å²) in [6.07, 6.45) is 7.83. The first kappa shape index (κ1) is 17.9. The summed E-state index contributed by atoms with van der Waals surface area (Å²) in [5.74, 6) is -0.310. The minimum absolute atomic E-state index is 0.0783. The van der Waals surface area contributed by atoms with E-state index in [0.29, 0.717) is 6.54 Å². The van der Waals surface area contributed by atoms with Gasteiger partial charge < -0.3 is 5.32 Å². The SMILES string of the molecule is CC(C)(C)CNC(=O)/C=C/C=C/Cc1ccc2ccc(F)cc2c1. The predicted octanol–water partition coefficient (Wildman–Crippen LogP) is 4.80. The molecule has 0 aliphatic carbocycles. The van der Waals surface area contributed by atoms with E-state index in [1.807, 2.05) is 30.4 Å². The van der Waals surface area contributed by atoms with E-state index in [9.17, 15) is 9.18 Å². The van der Waals surface area contributed by atoms with Crippen molar-refractivity contribution < 1.29 is 9.18 Å². The number of carbonyl (C=O) groups excluding carboxylic acids is 1. The molecule has 0 saturated carbocycles. The molecule has 2 aromatic rings. The number of amides is 1. The lowest BCUT2D eigenvalue weighted by molar-refractivity contribution is -0.116. The Morgan fingerprint density at radius 2 is 1.83 bits per heavy atom. The van der Waals surface area contributed by atoms with Gasteiger partial charge in [0.1, 0.15) is 5.82 Å². The lowest BCUT2D eigenvalue weighted by Crippen LogP contribution is -2.30. The number of hydrogen-bond donors (Lipinski definition) is 1. The summed E-state index contributed by atoms with van der Waals surface area (Å²) in [5.41, 5.74) is 1.18. The highest BCUT2D eigenvalue weighted by molar-refractivity contribution is 5.87. The summed E-state index contributed by atoms with van der Waals surface area (Å²) in [5, 5.41) is 4.79. The summed E-state index contributed by atoms with van der Waals surface area (Å²) in [4.78, 5) is 11.6. The molecule has 0 spiro atoms. The quantitative estimate of drug-likeness (QED) is 0.621. The van der Waals surface area contributed by atoms with Gasteiger partial charge in [0, 0.05) is 12.6 Å². The largest absolute Gasteiger partial charge is 0.352 e. The smallest absolute Gasteiger partial charge is 0.243 e. The molecule has 1 amide bonds. The first-order valence-electron chi connectivity index (χ1n) is 8.13. The van der Waals surface area contributed by atoms with Crippen molar-refractivity contribution in [2.75, 3.05) is 6.54 Å². The van der Waals surface area contributed by atoms with Gasteiger partial charge in [0.2, 0.25) is 5.91 Å². The molecular weight excluding hydrogens is 301 g/mol. The Balaban J connectivity index is 1.87. The molecule has 0 unspecified atom stereocenters. The molecule has 126 valence electrons. The number of fused-ring (bicyclic) bond motifs is 1. The fourth-order valence-electron chi connectivity index (χ4n) is 2.23. The van der Waals surface area contributed by atoms with Crippen LogP contribution in [-0.2, 0) is 11.2 Å². The first-order chi connectivity index (χ1) is 11.3. The van der Waals surface area contributed by atoms with Crippen LogP contribution >= 0.6 is 0 Å². The third-order valence-corrected chi connectivity index (χ3v) is 3.51. The lowest BCUT2D eigenvalue weighted by atomic mass is 9.97. The molecule has 0 aromatic heterocycles. The van der Waals surface area contributed by atoms with Gasteiger partial charge in [-0.05, 0) is 40.3 Å². The van der Waals surface area contributed by atoms with Gasteiger partial charge in [0.25, 0.3) is 0 Å². The van der Waals surface area contributed by atoms with E-state index in [1.165, 1.54) is 12.1 Å². The van der Waals surface area contributed by atoms with Crippen LogP contribution in [0.25, 0.3) is 10.8 Å². The van der Waals surface area contributed by atoms with Gasteiger partial charge in [-0.3, -0.25) is 4.79 Å². The maximum absolute atomic E-state index is 13.3. The highest BCUT2D eigenvalue weighted by Gasteiger charge is 2.10. The van der Waals surface area contributed by atoms with Crippen LogP contribution in [0.5, 0.6) is 0 Å². The van der Waals surface area contributed by atoms with Crippen molar-refractivity contribution in [3.05, 3.63) is 72.1 Å². The van der Waals surface area contributed by atoms with Crippen molar-refractivity contribution in [3.8, 4) is 0 Å². The number of halogens is 1. The van der Waals surface area contributed by atoms with Crippen molar-refractivity contribution in [1.29, 1.82) is 0 Å². The van der Waals surface area contributed by atoms with Gasteiger partial charge >= 0.3 is 0 Å². The summed E-state index contributed by atoms with van der Waals surface area (Å²) < 4.78 is 13.3. The monoisotopic (exact) mass is 325 g/mol. The third-order valence-electron chi connectivity index (χ3n) is 3.51. The number of carbonyl (C=O) groups is 1. The fraction of sp³-hybridized carbons (Fsp3) is 0.286. The van der Waals surface area contributed by atoms with Crippen LogP contribution in [0.1, 0.15) is 26.3 Å². The molecule has 2 rings (SSSR count). The summed E-state index contributed by atoms with van der Waals surface area (Å²) >= 11 is 0. The molecule has 0 heterocycles. The Kier molecular flexibility index (Phi) is 5.91. The number of rotatable bonds is 5. The van der Waals surface area contributed by atoms with E-state index < -0.39 is 0 Å². The van der Waals surface area contributed by atoms with Gasteiger partial charge in [-0.15, -0.1) is 0 Å². The molecular formula is C21H24FNO. The second-order valence-corrected chi connectivity index (χ2v) is 7.10. The molecule has 0 saturated heterocycles. The minimum atomic E-state index is -0.223. The van der Waals surface area contributed by atoms with E-state index in [-0.39, 0.29) is 17.1 Å². The van der Waals surface area contributed by atoms with Crippen molar-refractivity contribution >= 4 is 16.7 Å². The zero-order valence-corrected chi connectivity index (χ0v) is 14.5. The Labute approximate surface area is 143 Å². The van der Waals surface area contributed by atoms with E-state index in [4.69, 9.17) is 0 Å². The zero-order valence-electron chi connectivity index (χ0n) is 14.5. The number of allylic oxidation sites excluding steroid dienone is 3. The Bertz CT molecular complexity index is 769. The third kappa shape index (κ3) is 5.99. The average molecular weight is 325 g/mol. The van der Waals surface area contributed by atoms with Crippen LogP contribution in [0.15, 0.2) is 60.7 Å². The summed E-state index contributed by atoms with van der Waals surface area (Å²) in [6, 6.07) is 10.8. The number of nitrogens with one attached hydrogen (secondary N) is 1. The van der Waals surface area contributed by atoms with E-state index in [0.717, 1.165) is 22.8 Å². The maximum Gasteiger partial charge on any atom is 0.243 e. The minimum Gasteiger partial charge on any atom is -0.352 e. The molecule has 2 nitrogen and oxygen atoms in total. The van der Waals surface area contributed by atoms with Crippen molar-refractivity contribution in [2.24, 2.45) is 5.41 Å². The lowest BCUT2D eigenvalue weighted by Gasteiger charge is -2.17. The van der Waals surface area contributed by atoms with Crippen molar-refractivity contribution in [2.45, 2.75) is 27.2 Å². The zero-order chi connectivity index (χ0) is 17.6. The highest BCUT2D eigenvalue weighted by Crippen LogP contribution is 2.18. The predicted molar refractivity (Wildman–Crippen MR) is 98.4 cm³/mol. The average Bonchev–Trinajstić information content (AvgIpc) is 2.51. The first-order valence-corrected chi connectivity index (χ1v) is 8.13. The summed E-state index contributed by atoms with van der Waals surface area (Å²) in [6.45, 7) is 6.87. The number of benzene rings is 2. The molecule has 0 radical (unpaired) electrons. The van der Waals surface area contributed by atoms with E-state index >= 15 is 0 Å². The van der Waals surface area contributed by atoms with Gasteiger partial charge in [-0.25, -0.2) is 4.39 Å². The van der Waals surface area contributed by atoms with Gasteiger partial charge in [0.05, 0.1) is 0 Å².